The first-order valence-corrected chi connectivity index (χ1v) is 5.80. The van der Waals surface area contributed by atoms with Gasteiger partial charge in [-0.2, -0.15) is 0 Å². The summed E-state index contributed by atoms with van der Waals surface area (Å²) in [6, 6.07) is 3.98. The highest BCUT2D eigenvalue weighted by atomic mass is 35.5. The number of rotatable bonds is 6. The molecule has 98 valence electrons. The van der Waals surface area contributed by atoms with Crippen molar-refractivity contribution in [3.8, 4) is 0 Å². The van der Waals surface area contributed by atoms with E-state index in [9.17, 15) is 14.9 Å². The topological polar surface area (TPSA) is 84.3 Å². The first kappa shape index (κ1) is 14.4. The standard InChI is InChI=1S/C11H14ClN3O3/c1-13-5-2-6-14-11(16)9-4-3-8(12)7-10(9)15(17)18/h3-4,7,13H,2,5-6H2,1H3,(H,14,16). The number of carbonyl (C=O) groups excluding carboxylic acids is 1. The zero-order valence-corrected chi connectivity index (χ0v) is 10.7. The Bertz CT molecular complexity index is 451. The summed E-state index contributed by atoms with van der Waals surface area (Å²) in [5.74, 6) is -0.463. The van der Waals surface area contributed by atoms with E-state index in [-0.39, 0.29) is 16.3 Å². The molecule has 0 aliphatic rings. The van der Waals surface area contributed by atoms with E-state index in [1.54, 1.807) is 0 Å². The van der Waals surface area contributed by atoms with Crippen LogP contribution >= 0.6 is 11.6 Å². The van der Waals surface area contributed by atoms with Gasteiger partial charge in [-0.25, -0.2) is 0 Å². The molecule has 1 aromatic carbocycles. The quantitative estimate of drug-likeness (QED) is 0.467. The molecule has 1 amide bonds. The minimum atomic E-state index is -0.617. The van der Waals surface area contributed by atoms with Crippen LogP contribution in [0.1, 0.15) is 16.8 Å². The molecule has 0 radical (unpaired) electrons. The number of nitrogens with one attached hydrogen (secondary N) is 2. The monoisotopic (exact) mass is 271 g/mol. The van der Waals surface area contributed by atoms with E-state index in [0.717, 1.165) is 13.0 Å². The van der Waals surface area contributed by atoms with Gasteiger partial charge in [-0.3, -0.25) is 14.9 Å². The van der Waals surface area contributed by atoms with Crippen LogP contribution in [-0.2, 0) is 0 Å². The normalized spacial score (nSPS) is 10.1. The number of halogens is 1. The van der Waals surface area contributed by atoms with Crippen molar-refractivity contribution in [3.63, 3.8) is 0 Å². The fraction of sp³-hybridized carbons (Fsp3) is 0.364. The second-order valence-corrected chi connectivity index (χ2v) is 4.07. The Morgan fingerprint density at radius 3 is 2.78 bits per heavy atom. The average Bonchev–Trinajstić information content (AvgIpc) is 2.34. The van der Waals surface area contributed by atoms with Crippen LogP contribution < -0.4 is 10.6 Å². The molecule has 0 unspecified atom stereocenters. The van der Waals surface area contributed by atoms with Crippen molar-refractivity contribution < 1.29 is 9.72 Å². The third-order valence-electron chi connectivity index (χ3n) is 2.29. The molecule has 0 saturated carbocycles. The number of amides is 1. The number of nitro benzene ring substituents is 1. The zero-order valence-electron chi connectivity index (χ0n) is 9.90. The smallest absolute Gasteiger partial charge is 0.283 e. The summed E-state index contributed by atoms with van der Waals surface area (Å²) in [5.41, 5.74) is -0.262. The van der Waals surface area contributed by atoms with Gasteiger partial charge in [-0.1, -0.05) is 11.6 Å². The lowest BCUT2D eigenvalue weighted by Crippen LogP contribution is -2.27. The Balaban J connectivity index is 2.76. The number of nitrogens with zero attached hydrogens (tertiary/aromatic N) is 1. The van der Waals surface area contributed by atoms with E-state index in [1.165, 1.54) is 18.2 Å². The molecule has 0 heterocycles. The Labute approximate surface area is 109 Å². The number of nitro groups is 1. The highest BCUT2D eigenvalue weighted by molar-refractivity contribution is 6.31. The molecule has 1 rings (SSSR count). The fourth-order valence-electron chi connectivity index (χ4n) is 1.41. The molecular formula is C11H14ClN3O3. The fourth-order valence-corrected chi connectivity index (χ4v) is 1.58. The summed E-state index contributed by atoms with van der Waals surface area (Å²) < 4.78 is 0. The molecule has 0 atom stereocenters. The number of hydrogen-bond donors (Lipinski definition) is 2. The lowest BCUT2D eigenvalue weighted by molar-refractivity contribution is -0.385. The maximum Gasteiger partial charge on any atom is 0.283 e. The third kappa shape index (κ3) is 3.97. The van der Waals surface area contributed by atoms with E-state index in [2.05, 4.69) is 10.6 Å². The van der Waals surface area contributed by atoms with Crippen LogP contribution in [0.5, 0.6) is 0 Å². The van der Waals surface area contributed by atoms with Gasteiger partial charge in [0.1, 0.15) is 5.56 Å². The maximum absolute atomic E-state index is 11.8. The van der Waals surface area contributed by atoms with Gasteiger partial charge in [0.25, 0.3) is 11.6 Å². The van der Waals surface area contributed by atoms with Gasteiger partial charge < -0.3 is 10.6 Å². The van der Waals surface area contributed by atoms with E-state index in [1.807, 2.05) is 7.05 Å². The summed E-state index contributed by atoms with van der Waals surface area (Å²) in [5, 5.41) is 16.6. The maximum atomic E-state index is 11.8. The molecule has 0 aliphatic heterocycles. The van der Waals surface area contributed by atoms with Crippen molar-refractivity contribution in [3.05, 3.63) is 38.9 Å². The average molecular weight is 272 g/mol. The van der Waals surface area contributed by atoms with Crippen molar-refractivity contribution in [2.75, 3.05) is 20.1 Å². The Morgan fingerprint density at radius 2 is 2.17 bits per heavy atom. The van der Waals surface area contributed by atoms with Gasteiger partial charge >= 0.3 is 0 Å². The Morgan fingerprint density at radius 1 is 1.44 bits per heavy atom. The summed E-state index contributed by atoms with van der Waals surface area (Å²) >= 11 is 5.67. The second kappa shape index (κ2) is 6.93. The van der Waals surface area contributed by atoms with Gasteiger partial charge in [0.15, 0.2) is 0 Å². The van der Waals surface area contributed by atoms with Crippen molar-refractivity contribution in [2.45, 2.75) is 6.42 Å². The van der Waals surface area contributed by atoms with Crippen LogP contribution in [0, 0.1) is 10.1 Å². The molecule has 0 spiro atoms. The first-order valence-electron chi connectivity index (χ1n) is 5.43. The molecule has 2 N–H and O–H groups in total. The molecule has 1 aromatic rings. The first-order chi connectivity index (χ1) is 8.56. The van der Waals surface area contributed by atoms with Crippen molar-refractivity contribution in [2.24, 2.45) is 0 Å². The molecule has 18 heavy (non-hydrogen) atoms. The second-order valence-electron chi connectivity index (χ2n) is 3.63. The molecule has 0 aliphatic carbocycles. The van der Waals surface area contributed by atoms with E-state index in [4.69, 9.17) is 11.6 Å². The predicted molar refractivity (Wildman–Crippen MR) is 69.0 cm³/mol. The van der Waals surface area contributed by atoms with Gasteiger partial charge in [0, 0.05) is 17.6 Å². The summed E-state index contributed by atoms with van der Waals surface area (Å²) in [6.45, 7) is 1.22. The SMILES string of the molecule is CNCCCNC(=O)c1ccc(Cl)cc1[N+](=O)[O-]. The van der Waals surface area contributed by atoms with Crippen LogP contribution in [0.25, 0.3) is 0 Å². The highest BCUT2D eigenvalue weighted by Gasteiger charge is 2.19. The number of benzene rings is 1. The molecular weight excluding hydrogens is 258 g/mol. The van der Waals surface area contributed by atoms with E-state index >= 15 is 0 Å². The molecule has 0 bridgehead atoms. The van der Waals surface area contributed by atoms with Gasteiger partial charge in [0.05, 0.1) is 4.92 Å². The van der Waals surface area contributed by atoms with Gasteiger partial charge in [0.2, 0.25) is 0 Å². The van der Waals surface area contributed by atoms with E-state index in [0.29, 0.717) is 6.54 Å². The molecule has 7 heteroatoms. The van der Waals surface area contributed by atoms with Crippen molar-refractivity contribution >= 4 is 23.2 Å². The number of carbonyl (C=O) groups is 1. The predicted octanol–water partition coefficient (Wildman–Crippen LogP) is 1.59. The summed E-state index contributed by atoms with van der Waals surface area (Å²) in [4.78, 5) is 22.0. The van der Waals surface area contributed by atoms with E-state index < -0.39 is 10.8 Å². The van der Waals surface area contributed by atoms with Crippen LogP contribution in [0.3, 0.4) is 0 Å². The Hall–Kier alpha value is -1.66. The molecule has 6 nitrogen and oxygen atoms in total. The van der Waals surface area contributed by atoms with Crippen LogP contribution in [0.2, 0.25) is 5.02 Å². The lowest BCUT2D eigenvalue weighted by Gasteiger charge is -2.05. The largest absolute Gasteiger partial charge is 0.352 e. The molecule has 0 saturated heterocycles. The van der Waals surface area contributed by atoms with Gasteiger partial charge in [-0.15, -0.1) is 0 Å². The lowest BCUT2D eigenvalue weighted by atomic mass is 10.1. The summed E-state index contributed by atoms with van der Waals surface area (Å²) in [6.07, 6.45) is 0.754. The minimum absolute atomic E-state index is 0.0221. The Kier molecular flexibility index (Phi) is 5.54. The number of hydrogen-bond acceptors (Lipinski definition) is 4. The zero-order chi connectivity index (χ0) is 13.5. The highest BCUT2D eigenvalue weighted by Crippen LogP contribution is 2.22. The van der Waals surface area contributed by atoms with Crippen LogP contribution in [0.15, 0.2) is 18.2 Å². The van der Waals surface area contributed by atoms with Crippen LogP contribution in [-0.4, -0.2) is 31.0 Å². The summed E-state index contributed by atoms with van der Waals surface area (Å²) in [7, 11) is 1.81. The molecule has 0 fully saturated rings. The molecule has 0 aromatic heterocycles. The minimum Gasteiger partial charge on any atom is -0.352 e. The van der Waals surface area contributed by atoms with Gasteiger partial charge in [-0.05, 0) is 32.1 Å². The van der Waals surface area contributed by atoms with Crippen molar-refractivity contribution in [1.29, 1.82) is 0 Å². The van der Waals surface area contributed by atoms with Crippen LogP contribution in [0.4, 0.5) is 5.69 Å². The third-order valence-corrected chi connectivity index (χ3v) is 2.53. The van der Waals surface area contributed by atoms with Crippen molar-refractivity contribution in [1.82, 2.24) is 10.6 Å².